The van der Waals surface area contributed by atoms with Crippen LogP contribution in [0, 0.1) is 5.92 Å². The highest BCUT2D eigenvalue weighted by molar-refractivity contribution is 7.85. The Bertz CT molecular complexity index is 366. The molecule has 0 aliphatic rings. The molecule has 3 nitrogen and oxygen atoms in total. The first-order valence-corrected chi connectivity index (χ1v) is 7.23. The van der Waals surface area contributed by atoms with Crippen molar-refractivity contribution in [3.05, 3.63) is 24.3 Å². The summed E-state index contributed by atoms with van der Waals surface area (Å²) in [4.78, 5) is 0.775. The van der Waals surface area contributed by atoms with E-state index in [9.17, 15) is 4.21 Å². The molecule has 0 fully saturated rings. The third-order valence-corrected chi connectivity index (χ3v) is 3.69. The normalized spacial score (nSPS) is 12.9. The zero-order chi connectivity index (χ0) is 12.7. The molecule has 0 saturated carbocycles. The minimum Gasteiger partial charge on any atom is -0.399 e. The number of hydrogen-bond acceptors (Lipinski definition) is 3. The third-order valence-electron chi connectivity index (χ3n) is 2.37. The van der Waals surface area contributed by atoms with Crippen LogP contribution >= 0.6 is 0 Å². The van der Waals surface area contributed by atoms with E-state index in [1.807, 2.05) is 12.1 Å². The third kappa shape index (κ3) is 5.84. The van der Waals surface area contributed by atoms with Gasteiger partial charge in [-0.2, -0.15) is 0 Å². The molecule has 0 aromatic heterocycles. The molecular weight excluding hydrogens is 234 g/mol. The van der Waals surface area contributed by atoms with Gasteiger partial charge in [-0.05, 0) is 30.5 Å². The fourth-order valence-electron chi connectivity index (χ4n) is 1.33. The number of hydrogen-bond donors (Lipinski definition) is 1. The summed E-state index contributed by atoms with van der Waals surface area (Å²) in [6.07, 6.45) is 1.05. The van der Waals surface area contributed by atoms with Gasteiger partial charge in [0.15, 0.2) is 0 Å². The van der Waals surface area contributed by atoms with Crippen LogP contribution in [0.2, 0.25) is 0 Å². The molecule has 1 atom stereocenters. The molecule has 4 heteroatoms. The minimum absolute atomic E-state index is 0.529. The molecule has 0 radical (unpaired) electrons. The molecule has 1 aromatic carbocycles. The van der Waals surface area contributed by atoms with Crippen molar-refractivity contribution >= 4 is 16.5 Å². The van der Waals surface area contributed by atoms with E-state index >= 15 is 0 Å². The topological polar surface area (TPSA) is 52.3 Å². The highest BCUT2D eigenvalue weighted by Gasteiger charge is 2.04. The number of nitrogens with two attached hydrogens (primary N) is 1. The van der Waals surface area contributed by atoms with Crippen LogP contribution in [0.1, 0.15) is 20.3 Å². The maximum Gasteiger partial charge on any atom is 0.0585 e. The smallest absolute Gasteiger partial charge is 0.0585 e. The number of nitrogen functional groups attached to an aromatic ring is 1. The molecule has 0 saturated heterocycles. The van der Waals surface area contributed by atoms with Crippen LogP contribution < -0.4 is 5.73 Å². The molecule has 2 N–H and O–H groups in total. The van der Waals surface area contributed by atoms with Crippen molar-refractivity contribution in [2.24, 2.45) is 5.92 Å². The van der Waals surface area contributed by atoms with Gasteiger partial charge in [-0.1, -0.05) is 19.9 Å². The molecule has 0 bridgehead atoms. The van der Waals surface area contributed by atoms with Crippen LogP contribution in [0.3, 0.4) is 0 Å². The Morgan fingerprint density at radius 2 is 2.12 bits per heavy atom. The highest BCUT2D eigenvalue weighted by Crippen LogP contribution is 2.11. The van der Waals surface area contributed by atoms with Crippen molar-refractivity contribution in [2.75, 3.05) is 24.7 Å². The number of anilines is 1. The van der Waals surface area contributed by atoms with Crippen molar-refractivity contribution in [1.29, 1.82) is 0 Å². The van der Waals surface area contributed by atoms with Gasteiger partial charge in [-0.25, -0.2) is 0 Å². The van der Waals surface area contributed by atoms with Crippen LogP contribution in [-0.4, -0.2) is 23.2 Å². The highest BCUT2D eigenvalue weighted by atomic mass is 32.2. The van der Waals surface area contributed by atoms with Crippen LogP contribution in [0.25, 0.3) is 0 Å². The monoisotopic (exact) mass is 255 g/mol. The molecule has 0 aliphatic carbocycles. The maximum absolute atomic E-state index is 11.9. The Labute approximate surface area is 106 Å². The van der Waals surface area contributed by atoms with Crippen molar-refractivity contribution in [2.45, 2.75) is 25.2 Å². The van der Waals surface area contributed by atoms with E-state index in [0.717, 1.165) is 17.9 Å². The van der Waals surface area contributed by atoms with Gasteiger partial charge in [0.05, 0.1) is 23.2 Å². The lowest BCUT2D eigenvalue weighted by Gasteiger charge is -2.06. The molecule has 1 aromatic rings. The Hall–Kier alpha value is -0.870. The standard InChI is InChI=1S/C13H21NO2S/c1-11(2)6-7-16-8-9-17(15)13-5-3-4-12(14)10-13/h3-5,10-11H,6-9,14H2,1-2H3. The largest absolute Gasteiger partial charge is 0.399 e. The molecule has 1 rings (SSSR count). The summed E-state index contributed by atoms with van der Waals surface area (Å²) in [6, 6.07) is 7.20. The second kappa shape index (κ2) is 7.45. The number of benzene rings is 1. The molecule has 0 heterocycles. The van der Waals surface area contributed by atoms with Gasteiger partial charge in [-0.3, -0.25) is 4.21 Å². The van der Waals surface area contributed by atoms with Crippen molar-refractivity contribution in [3.8, 4) is 0 Å². The molecular formula is C13H21NO2S. The molecule has 0 aliphatic heterocycles. The van der Waals surface area contributed by atoms with Crippen LogP contribution in [0.4, 0.5) is 5.69 Å². The summed E-state index contributed by atoms with van der Waals surface area (Å²) in [6.45, 7) is 5.60. The fraction of sp³-hybridized carbons (Fsp3) is 0.538. The van der Waals surface area contributed by atoms with E-state index in [2.05, 4.69) is 13.8 Å². The van der Waals surface area contributed by atoms with E-state index in [-0.39, 0.29) is 0 Å². The summed E-state index contributed by atoms with van der Waals surface area (Å²) in [5.74, 6) is 1.18. The second-order valence-electron chi connectivity index (χ2n) is 4.42. The van der Waals surface area contributed by atoms with Gasteiger partial charge >= 0.3 is 0 Å². The zero-order valence-electron chi connectivity index (χ0n) is 10.5. The van der Waals surface area contributed by atoms with Gasteiger partial charge in [0, 0.05) is 17.2 Å². The summed E-state index contributed by atoms with van der Waals surface area (Å²) in [5, 5.41) is 0. The van der Waals surface area contributed by atoms with Crippen LogP contribution in [0.15, 0.2) is 29.2 Å². The minimum atomic E-state index is -1.01. The summed E-state index contributed by atoms with van der Waals surface area (Å²) in [7, 11) is -1.01. The Balaban J connectivity index is 2.26. The Morgan fingerprint density at radius 1 is 1.35 bits per heavy atom. The first-order chi connectivity index (χ1) is 8.09. The number of rotatable bonds is 7. The predicted molar refractivity (Wildman–Crippen MR) is 72.4 cm³/mol. The second-order valence-corrected chi connectivity index (χ2v) is 5.99. The summed E-state index contributed by atoms with van der Waals surface area (Å²) < 4.78 is 17.3. The van der Waals surface area contributed by atoms with Crippen molar-refractivity contribution in [1.82, 2.24) is 0 Å². The van der Waals surface area contributed by atoms with Crippen molar-refractivity contribution < 1.29 is 8.95 Å². The quantitative estimate of drug-likeness (QED) is 0.601. The fourth-order valence-corrected chi connectivity index (χ4v) is 2.33. The van der Waals surface area contributed by atoms with Crippen molar-refractivity contribution in [3.63, 3.8) is 0 Å². The lowest BCUT2D eigenvalue weighted by molar-refractivity contribution is 0.138. The van der Waals surface area contributed by atoms with Gasteiger partial charge in [0.2, 0.25) is 0 Å². The van der Waals surface area contributed by atoms with Crippen LogP contribution in [0.5, 0.6) is 0 Å². The molecule has 0 spiro atoms. The molecule has 17 heavy (non-hydrogen) atoms. The average Bonchev–Trinajstić information content (AvgIpc) is 2.28. The Kier molecular flexibility index (Phi) is 6.22. The lowest BCUT2D eigenvalue weighted by atomic mass is 10.1. The Morgan fingerprint density at radius 3 is 2.76 bits per heavy atom. The summed E-state index contributed by atoms with van der Waals surface area (Å²) >= 11 is 0. The molecule has 0 amide bonds. The van der Waals surface area contributed by atoms with E-state index in [1.165, 1.54) is 0 Å². The van der Waals surface area contributed by atoms with Gasteiger partial charge < -0.3 is 10.5 Å². The number of ether oxygens (including phenoxy) is 1. The maximum atomic E-state index is 11.9. The van der Waals surface area contributed by atoms with Gasteiger partial charge in [0.1, 0.15) is 0 Å². The van der Waals surface area contributed by atoms with Crippen LogP contribution in [-0.2, 0) is 15.5 Å². The van der Waals surface area contributed by atoms with E-state index in [1.54, 1.807) is 12.1 Å². The van der Waals surface area contributed by atoms with E-state index < -0.39 is 10.8 Å². The summed E-state index contributed by atoms with van der Waals surface area (Å²) in [5.41, 5.74) is 6.29. The van der Waals surface area contributed by atoms with E-state index in [0.29, 0.717) is 24.0 Å². The molecule has 96 valence electrons. The first-order valence-electron chi connectivity index (χ1n) is 5.91. The first kappa shape index (κ1) is 14.2. The SMILES string of the molecule is CC(C)CCOCCS(=O)c1cccc(N)c1. The lowest BCUT2D eigenvalue weighted by Crippen LogP contribution is -2.08. The van der Waals surface area contributed by atoms with E-state index in [4.69, 9.17) is 10.5 Å². The zero-order valence-corrected chi connectivity index (χ0v) is 11.3. The van der Waals surface area contributed by atoms with Gasteiger partial charge in [-0.15, -0.1) is 0 Å². The average molecular weight is 255 g/mol. The predicted octanol–water partition coefficient (Wildman–Crippen LogP) is 2.44. The van der Waals surface area contributed by atoms with Gasteiger partial charge in [0.25, 0.3) is 0 Å². The molecule has 1 unspecified atom stereocenters.